The summed E-state index contributed by atoms with van der Waals surface area (Å²) in [6, 6.07) is 7.92. The average Bonchev–Trinajstić information content (AvgIpc) is 2.71. The maximum atomic E-state index is 8.06. The van der Waals surface area contributed by atoms with E-state index in [4.69, 9.17) is 5.53 Å². The molecule has 0 spiro atoms. The molecule has 0 saturated carbocycles. The van der Waals surface area contributed by atoms with Crippen LogP contribution in [0.5, 0.6) is 0 Å². The van der Waals surface area contributed by atoms with E-state index in [2.05, 4.69) is 26.9 Å². The first-order valence-corrected chi connectivity index (χ1v) is 4.47. The second kappa shape index (κ2) is 4.23. The van der Waals surface area contributed by atoms with Crippen molar-refractivity contribution in [3.05, 3.63) is 46.5 Å². The van der Waals surface area contributed by atoms with Gasteiger partial charge in [-0.1, -0.05) is 23.0 Å². The highest BCUT2D eigenvalue weighted by Crippen LogP contribution is 2.13. The third kappa shape index (κ3) is 2.11. The zero-order valence-corrected chi connectivity index (χ0v) is 7.94. The second-order valence-electron chi connectivity index (χ2n) is 2.97. The standard InChI is InChI=1S/C11H8N4/c12-15-14-6-1-2-9-3-4-10-5-7-13-11(10)8-9/h3-5,7-8,13H,6H2. The molecular weight excluding hydrogens is 188 g/mol. The smallest absolute Gasteiger partial charge is 0.0880 e. The molecule has 2 aromatic rings. The van der Waals surface area contributed by atoms with Crippen molar-refractivity contribution in [1.82, 2.24) is 4.98 Å². The Kier molecular flexibility index (Phi) is 2.59. The fourth-order valence-corrected chi connectivity index (χ4v) is 1.33. The van der Waals surface area contributed by atoms with E-state index < -0.39 is 0 Å². The molecule has 0 saturated heterocycles. The van der Waals surface area contributed by atoms with Gasteiger partial charge in [0.05, 0.1) is 6.54 Å². The Labute approximate surface area is 86.6 Å². The number of hydrogen-bond donors (Lipinski definition) is 1. The zero-order chi connectivity index (χ0) is 10.5. The van der Waals surface area contributed by atoms with E-state index in [0.29, 0.717) is 0 Å². The van der Waals surface area contributed by atoms with Gasteiger partial charge in [0, 0.05) is 22.2 Å². The van der Waals surface area contributed by atoms with Crippen molar-refractivity contribution in [2.24, 2.45) is 5.11 Å². The lowest BCUT2D eigenvalue weighted by Crippen LogP contribution is -1.75. The first-order valence-electron chi connectivity index (χ1n) is 4.47. The molecule has 0 aliphatic rings. The van der Waals surface area contributed by atoms with Gasteiger partial charge in [-0.2, -0.15) is 0 Å². The van der Waals surface area contributed by atoms with Crippen molar-refractivity contribution >= 4 is 10.9 Å². The largest absolute Gasteiger partial charge is 0.361 e. The van der Waals surface area contributed by atoms with Crippen molar-refractivity contribution in [2.45, 2.75) is 0 Å². The van der Waals surface area contributed by atoms with E-state index in [-0.39, 0.29) is 6.54 Å². The number of nitrogens with zero attached hydrogens (tertiary/aromatic N) is 3. The molecule has 1 aromatic carbocycles. The maximum Gasteiger partial charge on any atom is 0.0880 e. The molecule has 4 nitrogen and oxygen atoms in total. The van der Waals surface area contributed by atoms with Crippen molar-refractivity contribution < 1.29 is 0 Å². The van der Waals surface area contributed by atoms with Gasteiger partial charge < -0.3 is 4.98 Å². The van der Waals surface area contributed by atoms with Gasteiger partial charge in [-0.05, 0) is 29.1 Å². The van der Waals surface area contributed by atoms with Crippen LogP contribution in [0.3, 0.4) is 0 Å². The third-order valence-electron chi connectivity index (χ3n) is 2.00. The lowest BCUT2D eigenvalue weighted by Gasteiger charge is -1.91. The summed E-state index contributed by atoms with van der Waals surface area (Å²) in [4.78, 5) is 5.74. The summed E-state index contributed by atoms with van der Waals surface area (Å²) in [5.74, 6) is 5.70. The van der Waals surface area contributed by atoms with E-state index in [1.807, 2.05) is 30.5 Å². The minimum Gasteiger partial charge on any atom is -0.361 e. The Morgan fingerprint density at radius 3 is 3.20 bits per heavy atom. The van der Waals surface area contributed by atoms with Crippen LogP contribution in [0.1, 0.15) is 5.56 Å². The Morgan fingerprint density at radius 1 is 1.40 bits per heavy atom. The summed E-state index contributed by atoms with van der Waals surface area (Å²) in [7, 11) is 0. The van der Waals surface area contributed by atoms with Crippen LogP contribution in [-0.2, 0) is 0 Å². The molecule has 4 heteroatoms. The van der Waals surface area contributed by atoms with Gasteiger partial charge in [0.15, 0.2) is 0 Å². The van der Waals surface area contributed by atoms with Crippen LogP contribution in [0, 0.1) is 11.8 Å². The molecule has 1 aromatic heterocycles. The minimum absolute atomic E-state index is 0.208. The summed E-state index contributed by atoms with van der Waals surface area (Å²) < 4.78 is 0. The minimum atomic E-state index is 0.208. The molecule has 0 aliphatic heterocycles. The molecule has 0 aliphatic carbocycles. The van der Waals surface area contributed by atoms with Crippen LogP contribution in [0.15, 0.2) is 35.6 Å². The van der Waals surface area contributed by atoms with E-state index in [0.717, 1.165) is 16.5 Å². The van der Waals surface area contributed by atoms with E-state index in [9.17, 15) is 0 Å². The number of aromatic amines is 1. The SMILES string of the molecule is [N-]=[N+]=NCC#Cc1ccc2cc[nH]c2c1. The topological polar surface area (TPSA) is 64.6 Å². The molecule has 0 atom stereocenters. The Morgan fingerprint density at radius 2 is 2.33 bits per heavy atom. The number of azide groups is 1. The van der Waals surface area contributed by atoms with Gasteiger partial charge in [0.2, 0.25) is 0 Å². The van der Waals surface area contributed by atoms with Crippen LogP contribution in [0.4, 0.5) is 0 Å². The van der Waals surface area contributed by atoms with Gasteiger partial charge >= 0.3 is 0 Å². The summed E-state index contributed by atoms with van der Waals surface area (Å²) in [5, 5.41) is 4.50. The number of nitrogens with one attached hydrogen (secondary N) is 1. The summed E-state index contributed by atoms with van der Waals surface area (Å²) in [6.07, 6.45) is 1.89. The highest BCUT2D eigenvalue weighted by molar-refractivity contribution is 5.80. The molecular formula is C11H8N4. The first kappa shape index (κ1) is 9.20. The fourth-order valence-electron chi connectivity index (χ4n) is 1.33. The first-order chi connectivity index (χ1) is 7.40. The van der Waals surface area contributed by atoms with Gasteiger partial charge in [-0.25, -0.2) is 0 Å². The van der Waals surface area contributed by atoms with Gasteiger partial charge in [0.1, 0.15) is 0 Å². The van der Waals surface area contributed by atoms with Crippen LogP contribution in [0.2, 0.25) is 0 Å². The number of benzene rings is 1. The highest BCUT2D eigenvalue weighted by Gasteiger charge is 1.93. The average molecular weight is 196 g/mol. The van der Waals surface area contributed by atoms with Crippen LogP contribution >= 0.6 is 0 Å². The monoisotopic (exact) mass is 196 g/mol. The van der Waals surface area contributed by atoms with Gasteiger partial charge in [-0.3, -0.25) is 0 Å². The third-order valence-corrected chi connectivity index (χ3v) is 2.00. The molecule has 15 heavy (non-hydrogen) atoms. The molecule has 0 amide bonds. The van der Waals surface area contributed by atoms with Crippen molar-refractivity contribution in [3.8, 4) is 11.8 Å². The normalized spacial score (nSPS) is 9.07. The van der Waals surface area contributed by atoms with Crippen LogP contribution in [-0.4, -0.2) is 11.5 Å². The zero-order valence-electron chi connectivity index (χ0n) is 7.94. The molecule has 0 radical (unpaired) electrons. The predicted octanol–water partition coefficient (Wildman–Crippen LogP) is 2.83. The molecule has 2 rings (SSSR count). The number of hydrogen-bond acceptors (Lipinski definition) is 1. The number of aromatic nitrogens is 1. The summed E-state index contributed by atoms with van der Waals surface area (Å²) in [5.41, 5.74) is 10.0. The van der Waals surface area contributed by atoms with Crippen molar-refractivity contribution in [3.63, 3.8) is 0 Å². The molecule has 0 fully saturated rings. The summed E-state index contributed by atoms with van der Waals surface area (Å²) >= 11 is 0. The van der Waals surface area contributed by atoms with E-state index in [1.165, 1.54) is 0 Å². The number of rotatable bonds is 1. The number of fused-ring (bicyclic) bond motifs is 1. The van der Waals surface area contributed by atoms with Crippen molar-refractivity contribution in [2.75, 3.05) is 6.54 Å². The van der Waals surface area contributed by atoms with Crippen LogP contribution < -0.4 is 0 Å². The lowest BCUT2D eigenvalue weighted by atomic mass is 10.2. The predicted molar refractivity (Wildman–Crippen MR) is 59.2 cm³/mol. The molecule has 1 heterocycles. The van der Waals surface area contributed by atoms with Crippen molar-refractivity contribution in [1.29, 1.82) is 0 Å². The highest BCUT2D eigenvalue weighted by atomic mass is 15.1. The fraction of sp³-hybridized carbons (Fsp3) is 0.0909. The molecule has 0 unspecified atom stereocenters. The van der Waals surface area contributed by atoms with E-state index in [1.54, 1.807) is 0 Å². The van der Waals surface area contributed by atoms with E-state index >= 15 is 0 Å². The summed E-state index contributed by atoms with van der Waals surface area (Å²) in [6.45, 7) is 0.208. The molecule has 1 N–H and O–H groups in total. The molecule has 0 bridgehead atoms. The maximum absolute atomic E-state index is 8.06. The van der Waals surface area contributed by atoms with Gasteiger partial charge in [0.25, 0.3) is 0 Å². The lowest BCUT2D eigenvalue weighted by molar-refractivity contribution is 1.25. The number of H-pyrrole nitrogens is 1. The quantitative estimate of drug-likeness (QED) is 0.315. The Bertz CT molecular complexity index is 579. The second-order valence-corrected chi connectivity index (χ2v) is 2.97. The Balaban J connectivity index is 2.26. The van der Waals surface area contributed by atoms with Crippen LogP contribution in [0.25, 0.3) is 21.3 Å². The molecule has 72 valence electrons. The Hall–Kier alpha value is -2.37. The van der Waals surface area contributed by atoms with Gasteiger partial charge in [-0.15, -0.1) is 0 Å².